The number of ether oxygens (including phenoxy) is 1. The summed E-state index contributed by atoms with van der Waals surface area (Å²) in [4.78, 5) is 27.1. The molecule has 1 aromatic heterocycles. The van der Waals surface area contributed by atoms with Gasteiger partial charge in [-0.1, -0.05) is 6.07 Å². The van der Waals surface area contributed by atoms with Gasteiger partial charge in [-0.25, -0.2) is 18.6 Å². The molecule has 11 heteroatoms. The van der Waals surface area contributed by atoms with Crippen molar-refractivity contribution >= 4 is 11.9 Å². The van der Waals surface area contributed by atoms with Crippen LogP contribution in [0.25, 0.3) is 0 Å². The van der Waals surface area contributed by atoms with Crippen LogP contribution in [0, 0.1) is 11.6 Å². The Labute approximate surface area is 180 Å². The molecule has 3 rings (SSSR count). The van der Waals surface area contributed by atoms with Crippen LogP contribution in [-0.4, -0.2) is 46.1 Å². The Kier molecular flexibility index (Phi) is 8.91. The first-order chi connectivity index (χ1) is 15.1. The molecule has 174 valence electrons. The normalized spacial score (nSPS) is 13.7. The largest absolute Gasteiger partial charge is 0.490 e. The molecule has 1 aliphatic rings. The van der Waals surface area contributed by atoms with Crippen molar-refractivity contribution in [2.24, 2.45) is 0 Å². The van der Waals surface area contributed by atoms with Crippen LogP contribution in [0.1, 0.15) is 31.2 Å². The van der Waals surface area contributed by atoms with E-state index in [0.717, 1.165) is 43.6 Å². The van der Waals surface area contributed by atoms with Crippen molar-refractivity contribution in [3.8, 4) is 11.6 Å². The molecule has 32 heavy (non-hydrogen) atoms. The first-order valence-electron chi connectivity index (χ1n) is 9.72. The van der Waals surface area contributed by atoms with E-state index in [9.17, 15) is 26.7 Å². The fourth-order valence-electron chi connectivity index (χ4n) is 2.84. The maximum absolute atomic E-state index is 13.6. The minimum absolute atomic E-state index is 0.0815. The van der Waals surface area contributed by atoms with Crippen molar-refractivity contribution in [3.63, 3.8) is 0 Å². The molecule has 6 nitrogen and oxygen atoms in total. The fraction of sp³-hybridized carbons (Fsp3) is 0.381. The molecule has 1 saturated heterocycles. The SMILES string of the molecule is O=C(CCc1ccc(Oc2ccc(F)cc2F)nc1)N1CCCCC1.O=C(O)C(F)(F)F. The predicted octanol–water partition coefficient (Wildman–Crippen LogP) is 4.73. The van der Waals surface area contributed by atoms with Crippen molar-refractivity contribution in [3.05, 3.63) is 53.7 Å². The lowest BCUT2D eigenvalue weighted by atomic mass is 10.1. The van der Waals surface area contributed by atoms with Crippen LogP contribution >= 0.6 is 0 Å². The summed E-state index contributed by atoms with van der Waals surface area (Å²) in [5, 5.41) is 7.12. The van der Waals surface area contributed by atoms with Crippen LogP contribution in [0.15, 0.2) is 36.5 Å². The van der Waals surface area contributed by atoms with Gasteiger partial charge in [-0.05, 0) is 43.4 Å². The number of alkyl halides is 3. The minimum atomic E-state index is -5.08. The highest BCUT2D eigenvalue weighted by atomic mass is 19.4. The number of likely N-dealkylation sites (tertiary alicyclic amines) is 1. The number of pyridine rings is 1. The standard InChI is InChI=1S/C19H20F2N2O2.C2HF3O2/c20-15-6-7-17(16(21)12-15)25-18-8-4-14(13-22-18)5-9-19(24)23-10-2-1-3-11-23;3-2(4,5)1(6)7/h4,6-8,12-13H,1-3,5,9-11H2;(H,6,7). The van der Waals surface area contributed by atoms with Gasteiger partial charge in [0.1, 0.15) is 5.82 Å². The van der Waals surface area contributed by atoms with Gasteiger partial charge in [0.25, 0.3) is 0 Å². The summed E-state index contributed by atoms with van der Waals surface area (Å²) in [5.74, 6) is -3.89. The van der Waals surface area contributed by atoms with E-state index in [1.165, 1.54) is 12.5 Å². The zero-order valence-corrected chi connectivity index (χ0v) is 16.9. The number of carbonyl (C=O) groups excluding carboxylic acids is 1. The number of carboxylic acids is 1. The number of aryl methyl sites for hydroxylation is 1. The third-order valence-corrected chi connectivity index (χ3v) is 4.48. The number of hydrogen-bond acceptors (Lipinski definition) is 4. The highest BCUT2D eigenvalue weighted by Gasteiger charge is 2.38. The average Bonchev–Trinajstić information content (AvgIpc) is 2.75. The number of nitrogens with zero attached hydrogens (tertiary/aromatic N) is 2. The summed E-state index contributed by atoms with van der Waals surface area (Å²) in [5.41, 5.74) is 0.914. The second-order valence-electron chi connectivity index (χ2n) is 6.93. The molecule has 1 fully saturated rings. The number of benzene rings is 1. The molecule has 2 heterocycles. The van der Waals surface area contributed by atoms with E-state index in [0.29, 0.717) is 12.8 Å². The number of aromatic nitrogens is 1. The van der Waals surface area contributed by atoms with Gasteiger partial charge in [0.05, 0.1) is 0 Å². The quantitative estimate of drug-likeness (QED) is 0.653. The van der Waals surface area contributed by atoms with Crippen molar-refractivity contribution in [1.29, 1.82) is 0 Å². The van der Waals surface area contributed by atoms with Gasteiger partial charge in [0, 0.05) is 37.8 Å². The van der Waals surface area contributed by atoms with Crippen molar-refractivity contribution < 1.29 is 41.4 Å². The molecular formula is C21H21F5N2O4. The fourth-order valence-corrected chi connectivity index (χ4v) is 2.84. The van der Waals surface area contributed by atoms with E-state index < -0.39 is 23.8 Å². The number of hydrogen-bond donors (Lipinski definition) is 1. The minimum Gasteiger partial charge on any atom is -0.475 e. The van der Waals surface area contributed by atoms with E-state index in [4.69, 9.17) is 14.6 Å². The Bertz CT molecular complexity index is 913. The predicted molar refractivity (Wildman–Crippen MR) is 103 cm³/mol. The summed E-state index contributed by atoms with van der Waals surface area (Å²) in [6, 6.07) is 6.52. The molecule has 0 radical (unpaired) electrons. The Morgan fingerprint density at radius 3 is 2.25 bits per heavy atom. The van der Waals surface area contributed by atoms with Gasteiger partial charge < -0.3 is 14.7 Å². The molecule has 0 spiro atoms. The second-order valence-corrected chi connectivity index (χ2v) is 6.93. The molecule has 1 amide bonds. The molecule has 0 atom stereocenters. The molecule has 0 unspecified atom stereocenters. The number of piperidine rings is 1. The third kappa shape index (κ3) is 8.12. The number of amides is 1. The monoisotopic (exact) mass is 460 g/mol. The topological polar surface area (TPSA) is 79.7 Å². The number of rotatable bonds is 5. The van der Waals surface area contributed by atoms with Crippen molar-refractivity contribution in [2.75, 3.05) is 13.1 Å². The van der Waals surface area contributed by atoms with Crippen LogP contribution in [-0.2, 0) is 16.0 Å². The summed E-state index contributed by atoms with van der Waals surface area (Å²) < 4.78 is 63.5. The maximum Gasteiger partial charge on any atom is 0.490 e. The molecule has 0 saturated carbocycles. The van der Waals surface area contributed by atoms with Crippen LogP contribution in [0.2, 0.25) is 0 Å². The summed E-state index contributed by atoms with van der Waals surface area (Å²) in [6.45, 7) is 1.71. The highest BCUT2D eigenvalue weighted by Crippen LogP contribution is 2.23. The van der Waals surface area contributed by atoms with E-state index in [2.05, 4.69) is 4.98 Å². The maximum atomic E-state index is 13.6. The van der Waals surface area contributed by atoms with Crippen LogP contribution in [0.5, 0.6) is 11.6 Å². The molecular weight excluding hydrogens is 439 g/mol. The van der Waals surface area contributed by atoms with Crippen LogP contribution in [0.3, 0.4) is 0 Å². The molecule has 0 bridgehead atoms. The van der Waals surface area contributed by atoms with E-state index in [-0.39, 0.29) is 17.5 Å². The number of carbonyl (C=O) groups is 2. The van der Waals surface area contributed by atoms with Gasteiger partial charge in [0.15, 0.2) is 11.6 Å². The number of halogens is 5. The molecule has 0 aliphatic carbocycles. The van der Waals surface area contributed by atoms with Gasteiger partial charge >= 0.3 is 12.1 Å². The first kappa shape index (κ1) is 25.0. The average molecular weight is 460 g/mol. The smallest absolute Gasteiger partial charge is 0.475 e. The molecule has 1 N–H and O–H groups in total. The zero-order chi connectivity index (χ0) is 23.7. The van der Waals surface area contributed by atoms with E-state index >= 15 is 0 Å². The first-order valence-corrected chi connectivity index (χ1v) is 9.72. The van der Waals surface area contributed by atoms with Crippen molar-refractivity contribution in [2.45, 2.75) is 38.3 Å². The molecule has 1 aromatic carbocycles. The third-order valence-electron chi connectivity index (χ3n) is 4.48. The summed E-state index contributed by atoms with van der Waals surface area (Å²) >= 11 is 0. The Morgan fingerprint density at radius 1 is 1.06 bits per heavy atom. The Hall–Kier alpha value is -3.24. The number of carboxylic acid groups (broad SMARTS) is 1. The van der Waals surface area contributed by atoms with Gasteiger partial charge in [0.2, 0.25) is 11.8 Å². The zero-order valence-electron chi connectivity index (χ0n) is 16.9. The molecule has 2 aromatic rings. The highest BCUT2D eigenvalue weighted by molar-refractivity contribution is 5.76. The summed E-state index contributed by atoms with van der Waals surface area (Å²) in [6.07, 6.45) is 0.949. The summed E-state index contributed by atoms with van der Waals surface area (Å²) in [7, 11) is 0. The Morgan fingerprint density at radius 2 is 1.72 bits per heavy atom. The lowest BCUT2D eigenvalue weighted by molar-refractivity contribution is -0.192. The van der Waals surface area contributed by atoms with E-state index in [1.54, 1.807) is 18.3 Å². The van der Waals surface area contributed by atoms with Gasteiger partial charge in [-0.3, -0.25) is 4.79 Å². The lowest BCUT2D eigenvalue weighted by Crippen LogP contribution is -2.35. The molecule has 1 aliphatic heterocycles. The van der Waals surface area contributed by atoms with Gasteiger partial charge in [-0.2, -0.15) is 13.2 Å². The van der Waals surface area contributed by atoms with Gasteiger partial charge in [-0.15, -0.1) is 0 Å². The Balaban J connectivity index is 0.000000451. The van der Waals surface area contributed by atoms with Crippen molar-refractivity contribution in [1.82, 2.24) is 9.88 Å². The van der Waals surface area contributed by atoms with Crippen LogP contribution in [0.4, 0.5) is 22.0 Å². The van der Waals surface area contributed by atoms with Crippen LogP contribution < -0.4 is 4.74 Å². The second kappa shape index (κ2) is 11.4. The lowest BCUT2D eigenvalue weighted by Gasteiger charge is -2.26. The number of aliphatic carboxylic acids is 1. The van der Waals surface area contributed by atoms with E-state index in [1.807, 2.05) is 4.90 Å².